The highest BCUT2D eigenvalue weighted by molar-refractivity contribution is 6.00. The van der Waals surface area contributed by atoms with E-state index in [1.54, 1.807) is 34.6 Å². The van der Waals surface area contributed by atoms with Gasteiger partial charge in [0.05, 0.1) is 42.6 Å². The van der Waals surface area contributed by atoms with Crippen molar-refractivity contribution < 1.29 is 62.5 Å². The lowest BCUT2D eigenvalue weighted by atomic mass is 9.90. The second kappa shape index (κ2) is 21.2. The van der Waals surface area contributed by atoms with Crippen LogP contribution in [0.4, 0.5) is 0 Å². The second-order valence-corrected chi connectivity index (χ2v) is 13.0. The Hall–Kier alpha value is -5.45. The van der Waals surface area contributed by atoms with Gasteiger partial charge in [-0.1, -0.05) is 39.2 Å². The minimum atomic E-state index is -1.67. The number of unbranched alkanes of at least 4 members (excludes halogenated alkanes) is 2. The van der Waals surface area contributed by atoms with E-state index in [9.17, 15) is 38.7 Å². The van der Waals surface area contributed by atoms with Gasteiger partial charge in [0.1, 0.15) is 17.6 Å². The standard InChI is InChI=1S/C36H50N4O13/c1-7-10-11-12-23(26(8-2)40(20-41)52-21-51-35(49)36(4,5)6)31(44)37-19-38-33(46)28-16-15-27(53-28)22-13-14-24(29(17-22)50-9-3)32(45)39-25(34(47)48)18-30(42)43/h13-17,20,23,25-26H,7-12,18-19,21H2,1-6H3,(H,37,44)(H,38,46)(H,39,45)(H,42,43)(H,47,48)/t23-,25+,26-/m1/s1. The zero-order valence-electron chi connectivity index (χ0n) is 30.9. The normalized spacial score (nSPS) is 12.8. The van der Waals surface area contributed by atoms with E-state index in [1.165, 1.54) is 30.3 Å². The molecule has 2 aromatic rings. The Labute approximate surface area is 307 Å². The number of carbonyl (C=O) groups is 7. The molecule has 17 heteroatoms. The molecule has 53 heavy (non-hydrogen) atoms. The highest BCUT2D eigenvalue weighted by Gasteiger charge is 2.33. The molecule has 0 aliphatic rings. The zero-order valence-corrected chi connectivity index (χ0v) is 30.9. The van der Waals surface area contributed by atoms with Crippen LogP contribution in [0.1, 0.15) is 101 Å². The summed E-state index contributed by atoms with van der Waals surface area (Å²) in [5, 5.41) is 26.7. The number of carboxylic acid groups (broad SMARTS) is 2. The van der Waals surface area contributed by atoms with Gasteiger partial charge in [0.2, 0.25) is 19.1 Å². The number of esters is 1. The second-order valence-electron chi connectivity index (χ2n) is 13.0. The van der Waals surface area contributed by atoms with E-state index < -0.39 is 72.3 Å². The van der Waals surface area contributed by atoms with E-state index in [-0.39, 0.29) is 36.1 Å². The number of ether oxygens (including phenoxy) is 2. The molecule has 292 valence electrons. The summed E-state index contributed by atoms with van der Waals surface area (Å²) in [5.74, 6) is -5.89. The molecule has 1 heterocycles. The van der Waals surface area contributed by atoms with E-state index in [0.717, 1.165) is 17.9 Å². The molecule has 0 fully saturated rings. The fourth-order valence-electron chi connectivity index (χ4n) is 5.11. The van der Waals surface area contributed by atoms with Crippen molar-refractivity contribution in [1.29, 1.82) is 0 Å². The van der Waals surface area contributed by atoms with Crippen LogP contribution in [0.5, 0.6) is 5.75 Å². The molecule has 0 aliphatic carbocycles. The number of carbonyl (C=O) groups excluding carboxylic acids is 5. The quantitative estimate of drug-likeness (QED) is 0.0359. The summed E-state index contributed by atoms with van der Waals surface area (Å²) in [6.07, 6.45) is 2.83. The summed E-state index contributed by atoms with van der Waals surface area (Å²) >= 11 is 0. The molecule has 0 spiro atoms. The largest absolute Gasteiger partial charge is 0.493 e. The first-order chi connectivity index (χ1) is 25.1. The van der Waals surface area contributed by atoms with Crippen LogP contribution in [0.2, 0.25) is 0 Å². The lowest BCUT2D eigenvalue weighted by molar-refractivity contribution is -0.236. The minimum Gasteiger partial charge on any atom is -0.493 e. The first kappa shape index (κ1) is 43.7. The van der Waals surface area contributed by atoms with Gasteiger partial charge in [0.25, 0.3) is 11.8 Å². The summed E-state index contributed by atoms with van der Waals surface area (Å²) in [6.45, 7) is 9.88. The highest BCUT2D eigenvalue weighted by Crippen LogP contribution is 2.29. The van der Waals surface area contributed by atoms with Crippen LogP contribution in [-0.2, 0) is 33.5 Å². The maximum atomic E-state index is 13.4. The molecule has 2 rings (SSSR count). The number of benzene rings is 1. The number of nitrogens with one attached hydrogen (secondary N) is 3. The third kappa shape index (κ3) is 13.6. The molecule has 1 aromatic carbocycles. The topological polar surface area (TPSA) is 240 Å². The maximum Gasteiger partial charge on any atom is 0.326 e. The summed E-state index contributed by atoms with van der Waals surface area (Å²) in [5.41, 5.74) is -0.406. The first-order valence-corrected chi connectivity index (χ1v) is 17.3. The van der Waals surface area contributed by atoms with Gasteiger partial charge in [-0.05, 0) is 64.8 Å². The number of hydrogen-bond donors (Lipinski definition) is 5. The van der Waals surface area contributed by atoms with Gasteiger partial charge >= 0.3 is 17.9 Å². The van der Waals surface area contributed by atoms with Crippen molar-refractivity contribution in [2.24, 2.45) is 11.3 Å². The fraction of sp³-hybridized carbons (Fsp3) is 0.528. The highest BCUT2D eigenvalue weighted by atomic mass is 16.8. The van der Waals surface area contributed by atoms with E-state index in [4.69, 9.17) is 23.8 Å². The molecule has 0 bridgehead atoms. The van der Waals surface area contributed by atoms with Crippen LogP contribution >= 0.6 is 0 Å². The van der Waals surface area contributed by atoms with Crippen LogP contribution in [-0.4, -0.2) is 89.5 Å². The average molecular weight is 747 g/mol. The van der Waals surface area contributed by atoms with Gasteiger partial charge in [-0.3, -0.25) is 28.8 Å². The van der Waals surface area contributed by atoms with Crippen LogP contribution < -0.4 is 20.7 Å². The predicted molar refractivity (Wildman–Crippen MR) is 188 cm³/mol. The van der Waals surface area contributed by atoms with Gasteiger partial charge in [-0.15, -0.1) is 0 Å². The fourth-order valence-corrected chi connectivity index (χ4v) is 5.11. The van der Waals surface area contributed by atoms with Gasteiger partial charge in [0.15, 0.2) is 5.76 Å². The van der Waals surface area contributed by atoms with Crippen molar-refractivity contribution in [3.8, 4) is 17.1 Å². The Morgan fingerprint density at radius 1 is 0.962 bits per heavy atom. The Bertz CT molecular complexity index is 1580. The van der Waals surface area contributed by atoms with E-state index in [1.807, 2.05) is 6.92 Å². The zero-order chi connectivity index (χ0) is 39.7. The Balaban J connectivity index is 2.12. The van der Waals surface area contributed by atoms with Crippen molar-refractivity contribution >= 4 is 42.0 Å². The molecular formula is C36H50N4O13. The lowest BCUT2D eigenvalue weighted by Crippen LogP contribution is -2.48. The average Bonchev–Trinajstić information content (AvgIpc) is 3.60. The van der Waals surface area contributed by atoms with E-state index >= 15 is 0 Å². The number of hydroxylamine groups is 2. The number of rotatable bonds is 23. The summed E-state index contributed by atoms with van der Waals surface area (Å²) < 4.78 is 16.4. The molecule has 5 N–H and O–H groups in total. The van der Waals surface area contributed by atoms with Crippen molar-refractivity contribution in [2.75, 3.05) is 20.1 Å². The SMILES string of the molecule is CCCCC[C@@H](C(=O)NCNC(=O)c1ccc(-c2ccc(C(=O)N[C@@H](CC(=O)O)C(=O)O)c(OCC)c2)o1)[C@@H](CC)N(C=O)OCOC(=O)C(C)(C)C. The smallest absolute Gasteiger partial charge is 0.326 e. The molecule has 0 saturated heterocycles. The lowest BCUT2D eigenvalue weighted by Gasteiger charge is -2.32. The van der Waals surface area contributed by atoms with Crippen LogP contribution in [0.25, 0.3) is 11.3 Å². The monoisotopic (exact) mass is 746 g/mol. The minimum absolute atomic E-state index is 0.0439. The van der Waals surface area contributed by atoms with Gasteiger partial charge in [-0.2, -0.15) is 0 Å². The van der Waals surface area contributed by atoms with Gasteiger partial charge in [0, 0.05) is 5.56 Å². The van der Waals surface area contributed by atoms with E-state index in [2.05, 4.69) is 16.0 Å². The molecule has 0 radical (unpaired) electrons. The molecular weight excluding hydrogens is 696 g/mol. The molecule has 3 atom stereocenters. The molecule has 0 aliphatic heterocycles. The van der Waals surface area contributed by atoms with Crippen LogP contribution in [0.15, 0.2) is 34.7 Å². The van der Waals surface area contributed by atoms with Gasteiger partial charge in [-0.25, -0.2) is 14.7 Å². The Morgan fingerprint density at radius 3 is 2.26 bits per heavy atom. The number of nitrogens with zero attached hydrogens (tertiary/aromatic N) is 1. The number of furan rings is 1. The third-order valence-corrected chi connectivity index (χ3v) is 7.91. The van der Waals surface area contributed by atoms with Crippen LogP contribution in [0, 0.1) is 11.3 Å². The van der Waals surface area contributed by atoms with Crippen molar-refractivity contribution in [3.63, 3.8) is 0 Å². The third-order valence-electron chi connectivity index (χ3n) is 7.91. The predicted octanol–water partition coefficient (Wildman–Crippen LogP) is 3.72. The summed E-state index contributed by atoms with van der Waals surface area (Å²) in [7, 11) is 0. The molecule has 4 amide bonds. The molecule has 17 nitrogen and oxygen atoms in total. The van der Waals surface area contributed by atoms with Gasteiger partial charge < -0.3 is 40.1 Å². The number of hydrogen-bond acceptors (Lipinski definition) is 11. The number of carboxylic acids is 2. The van der Waals surface area contributed by atoms with Crippen LogP contribution in [0.3, 0.4) is 0 Å². The summed E-state index contributed by atoms with van der Waals surface area (Å²) in [6, 6.07) is 4.84. The number of amides is 4. The maximum absolute atomic E-state index is 13.4. The Kier molecular flexibility index (Phi) is 17.5. The first-order valence-electron chi connectivity index (χ1n) is 17.3. The molecule has 1 aromatic heterocycles. The van der Waals surface area contributed by atoms with E-state index in [0.29, 0.717) is 31.2 Å². The van der Waals surface area contributed by atoms with Crippen molar-refractivity contribution in [2.45, 2.75) is 92.2 Å². The summed E-state index contributed by atoms with van der Waals surface area (Å²) in [4.78, 5) is 91.2. The number of aliphatic carboxylic acids is 2. The van der Waals surface area contributed by atoms with Crippen molar-refractivity contribution in [3.05, 3.63) is 41.7 Å². The molecule has 0 saturated carbocycles. The van der Waals surface area contributed by atoms with Crippen molar-refractivity contribution in [1.82, 2.24) is 21.0 Å². The Morgan fingerprint density at radius 2 is 1.68 bits per heavy atom. The molecule has 0 unspecified atom stereocenters.